The van der Waals surface area contributed by atoms with Crippen molar-refractivity contribution in [3.8, 4) is 22.6 Å². The Morgan fingerprint density at radius 1 is 1.19 bits per heavy atom. The van der Waals surface area contributed by atoms with E-state index in [9.17, 15) is 4.79 Å². The first-order chi connectivity index (χ1) is 15.4. The van der Waals surface area contributed by atoms with E-state index in [2.05, 4.69) is 15.0 Å². The Bertz CT molecular complexity index is 1380. The van der Waals surface area contributed by atoms with Crippen molar-refractivity contribution in [1.82, 2.24) is 14.5 Å². The number of allylic oxidation sites excluding steroid dienone is 1. The van der Waals surface area contributed by atoms with Crippen LogP contribution >= 0.6 is 0 Å². The Labute approximate surface area is 185 Å². The van der Waals surface area contributed by atoms with Crippen LogP contribution in [-0.4, -0.2) is 27.8 Å². The molecule has 0 radical (unpaired) electrons. The highest BCUT2D eigenvalue weighted by molar-refractivity contribution is 6.09. The lowest BCUT2D eigenvalue weighted by Gasteiger charge is -2.14. The van der Waals surface area contributed by atoms with Gasteiger partial charge in [-0.25, -0.2) is 4.98 Å². The predicted molar refractivity (Wildman–Crippen MR) is 129 cm³/mol. The van der Waals surface area contributed by atoms with Gasteiger partial charge in [0.25, 0.3) is 5.56 Å². The minimum Gasteiger partial charge on any atom is -0.454 e. The van der Waals surface area contributed by atoms with Gasteiger partial charge in [0, 0.05) is 55.0 Å². The Kier molecular flexibility index (Phi) is 5.64. The summed E-state index contributed by atoms with van der Waals surface area (Å²) >= 11 is 0. The zero-order valence-electron chi connectivity index (χ0n) is 18.5. The molecule has 2 aromatic carbocycles. The number of nitrogens with two attached hydrogens (primary N) is 1. The molecule has 4 rings (SSSR count). The van der Waals surface area contributed by atoms with Crippen molar-refractivity contribution in [3.05, 3.63) is 82.2 Å². The van der Waals surface area contributed by atoms with E-state index in [4.69, 9.17) is 10.5 Å². The standard InChI is InChI=1S/C25H25N5O2/c1-15-11-18(14-30(4)25(15)31)21-9-10-22-23(29-16(2)28-22)24(21)32-20-7-5-17(6-8-20)19(12-26)13-27-3/h5-14H,26H2,1-4H3,(H,28,29). The summed E-state index contributed by atoms with van der Waals surface area (Å²) in [4.78, 5) is 24.1. The molecule has 4 aromatic rings. The van der Waals surface area contributed by atoms with Gasteiger partial charge in [0.15, 0.2) is 5.75 Å². The summed E-state index contributed by atoms with van der Waals surface area (Å²) in [5.41, 5.74) is 11.5. The molecule has 7 heteroatoms. The maximum Gasteiger partial charge on any atom is 0.253 e. The summed E-state index contributed by atoms with van der Waals surface area (Å²) in [6, 6.07) is 13.5. The van der Waals surface area contributed by atoms with Crippen LogP contribution in [0.25, 0.3) is 27.7 Å². The van der Waals surface area contributed by atoms with E-state index in [-0.39, 0.29) is 5.56 Å². The monoisotopic (exact) mass is 427 g/mol. The van der Waals surface area contributed by atoms with Crippen LogP contribution in [0.3, 0.4) is 0 Å². The fraction of sp³-hybridized carbons (Fsp3) is 0.160. The van der Waals surface area contributed by atoms with Gasteiger partial charge < -0.3 is 20.0 Å². The number of aromatic nitrogens is 3. The molecular weight excluding hydrogens is 402 g/mol. The number of nitrogens with one attached hydrogen (secondary N) is 1. The molecule has 0 atom stereocenters. The van der Waals surface area contributed by atoms with E-state index in [1.165, 1.54) is 6.20 Å². The second-order valence-electron chi connectivity index (χ2n) is 7.62. The quantitative estimate of drug-likeness (QED) is 0.463. The number of H-pyrrole nitrogens is 1. The Morgan fingerprint density at radius 3 is 2.59 bits per heavy atom. The van der Waals surface area contributed by atoms with Crippen LogP contribution in [0.15, 0.2) is 64.6 Å². The van der Waals surface area contributed by atoms with E-state index in [0.29, 0.717) is 17.1 Å². The molecule has 0 unspecified atom stereocenters. The van der Waals surface area contributed by atoms with Crippen LogP contribution in [-0.2, 0) is 7.05 Å². The van der Waals surface area contributed by atoms with Crippen LogP contribution in [0, 0.1) is 13.8 Å². The number of ether oxygens (including phenoxy) is 1. The van der Waals surface area contributed by atoms with E-state index in [0.717, 1.165) is 39.1 Å². The Hall–Kier alpha value is -4.13. The van der Waals surface area contributed by atoms with Gasteiger partial charge in [0.2, 0.25) is 0 Å². The summed E-state index contributed by atoms with van der Waals surface area (Å²) in [6.45, 7) is 3.72. The lowest BCUT2D eigenvalue weighted by atomic mass is 10.0. The minimum absolute atomic E-state index is 0.0251. The van der Waals surface area contributed by atoms with Gasteiger partial charge in [0.1, 0.15) is 17.1 Å². The number of hydrogen-bond donors (Lipinski definition) is 2. The predicted octanol–water partition coefficient (Wildman–Crippen LogP) is 4.34. The third kappa shape index (κ3) is 3.92. The molecule has 0 fully saturated rings. The summed E-state index contributed by atoms with van der Waals surface area (Å²) in [5.74, 6) is 2.09. The molecule has 2 aromatic heterocycles. The van der Waals surface area contributed by atoms with Crippen LogP contribution in [0.2, 0.25) is 0 Å². The average Bonchev–Trinajstić information content (AvgIpc) is 3.17. The van der Waals surface area contributed by atoms with Gasteiger partial charge in [-0.2, -0.15) is 0 Å². The van der Waals surface area contributed by atoms with Gasteiger partial charge in [0.05, 0.1) is 5.52 Å². The SMILES string of the molecule is CN=CC(=CN)c1ccc(Oc2c(-c3cc(C)c(=O)n(C)c3)ccc3[nH]c(C)nc23)cc1. The second-order valence-corrected chi connectivity index (χ2v) is 7.62. The first kappa shape index (κ1) is 21.1. The molecule has 32 heavy (non-hydrogen) atoms. The van der Waals surface area contributed by atoms with Crippen LogP contribution in [0.4, 0.5) is 0 Å². The minimum atomic E-state index is -0.0251. The van der Waals surface area contributed by atoms with Crippen LogP contribution < -0.4 is 16.0 Å². The summed E-state index contributed by atoms with van der Waals surface area (Å²) in [5, 5.41) is 0. The van der Waals surface area contributed by atoms with Crippen LogP contribution in [0.5, 0.6) is 11.5 Å². The van der Waals surface area contributed by atoms with Gasteiger partial charge in [-0.05, 0) is 49.7 Å². The smallest absolute Gasteiger partial charge is 0.253 e. The molecule has 0 amide bonds. The zero-order valence-corrected chi connectivity index (χ0v) is 18.5. The highest BCUT2D eigenvalue weighted by Gasteiger charge is 2.16. The van der Waals surface area contributed by atoms with E-state index >= 15 is 0 Å². The van der Waals surface area contributed by atoms with Crippen molar-refractivity contribution >= 4 is 22.8 Å². The first-order valence-corrected chi connectivity index (χ1v) is 10.2. The topological polar surface area (TPSA) is 98.3 Å². The number of hydrogen-bond acceptors (Lipinski definition) is 5. The summed E-state index contributed by atoms with van der Waals surface area (Å²) in [7, 11) is 3.45. The molecular formula is C25H25N5O2. The van der Waals surface area contributed by atoms with E-state index in [1.807, 2.05) is 62.5 Å². The number of imidazole rings is 1. The van der Waals surface area contributed by atoms with Crippen molar-refractivity contribution < 1.29 is 4.74 Å². The van der Waals surface area contributed by atoms with Gasteiger partial charge in [-0.15, -0.1) is 0 Å². The van der Waals surface area contributed by atoms with Crippen molar-refractivity contribution in [2.75, 3.05) is 7.05 Å². The van der Waals surface area contributed by atoms with Gasteiger partial charge >= 0.3 is 0 Å². The highest BCUT2D eigenvalue weighted by atomic mass is 16.5. The molecule has 2 heterocycles. The average molecular weight is 428 g/mol. The molecule has 0 saturated carbocycles. The summed E-state index contributed by atoms with van der Waals surface area (Å²) < 4.78 is 7.96. The number of aliphatic imine (C=N–C) groups is 1. The largest absolute Gasteiger partial charge is 0.454 e. The molecule has 0 aliphatic rings. The maximum atomic E-state index is 12.2. The van der Waals surface area contributed by atoms with Crippen LogP contribution in [0.1, 0.15) is 17.0 Å². The molecule has 0 aliphatic heterocycles. The molecule has 0 saturated heterocycles. The number of fused-ring (bicyclic) bond motifs is 1. The van der Waals surface area contributed by atoms with Crippen molar-refractivity contribution in [2.45, 2.75) is 13.8 Å². The molecule has 7 nitrogen and oxygen atoms in total. The van der Waals surface area contributed by atoms with Gasteiger partial charge in [-0.1, -0.05) is 12.1 Å². The number of pyridine rings is 1. The van der Waals surface area contributed by atoms with Crippen molar-refractivity contribution in [2.24, 2.45) is 17.8 Å². The van der Waals surface area contributed by atoms with Crippen molar-refractivity contribution in [3.63, 3.8) is 0 Å². The lowest BCUT2D eigenvalue weighted by molar-refractivity contribution is 0.489. The zero-order chi connectivity index (χ0) is 22.8. The molecule has 0 aliphatic carbocycles. The number of aryl methyl sites for hydroxylation is 3. The number of rotatable bonds is 5. The number of nitrogens with zero attached hydrogens (tertiary/aromatic N) is 3. The normalized spacial score (nSPS) is 12.1. The van der Waals surface area contributed by atoms with Gasteiger partial charge in [-0.3, -0.25) is 9.79 Å². The number of aromatic amines is 1. The maximum absolute atomic E-state index is 12.2. The lowest BCUT2D eigenvalue weighted by Crippen LogP contribution is -2.18. The first-order valence-electron chi connectivity index (χ1n) is 10.2. The Balaban J connectivity index is 1.83. The molecule has 162 valence electrons. The third-order valence-corrected chi connectivity index (χ3v) is 5.26. The van der Waals surface area contributed by atoms with E-state index < -0.39 is 0 Å². The molecule has 0 spiro atoms. The fourth-order valence-electron chi connectivity index (χ4n) is 3.72. The second kappa shape index (κ2) is 8.55. The highest BCUT2D eigenvalue weighted by Crippen LogP contribution is 2.39. The molecule has 3 N–H and O–H groups in total. The fourth-order valence-corrected chi connectivity index (χ4v) is 3.72. The third-order valence-electron chi connectivity index (χ3n) is 5.26. The Morgan fingerprint density at radius 2 is 1.94 bits per heavy atom. The molecule has 0 bridgehead atoms. The van der Waals surface area contributed by atoms with E-state index in [1.54, 1.807) is 24.9 Å². The van der Waals surface area contributed by atoms with Crippen molar-refractivity contribution in [1.29, 1.82) is 0 Å². The summed E-state index contributed by atoms with van der Waals surface area (Å²) in [6.07, 6.45) is 5.05. The number of benzene rings is 2.